The summed E-state index contributed by atoms with van der Waals surface area (Å²) in [5.74, 6) is -0.221. The van der Waals surface area contributed by atoms with Crippen molar-refractivity contribution in [2.24, 2.45) is 5.92 Å². The van der Waals surface area contributed by atoms with Crippen LogP contribution in [0.5, 0.6) is 0 Å². The van der Waals surface area contributed by atoms with Gasteiger partial charge in [-0.25, -0.2) is 0 Å². The molecule has 0 unspecified atom stereocenters. The average molecular weight is 383 g/mol. The van der Waals surface area contributed by atoms with Crippen LogP contribution in [-0.2, 0) is 32.2 Å². The largest absolute Gasteiger partial charge is 0.376 e. The van der Waals surface area contributed by atoms with Crippen LogP contribution in [0.2, 0.25) is 0 Å². The van der Waals surface area contributed by atoms with Gasteiger partial charge < -0.3 is 14.2 Å². The molecule has 4 nitrogen and oxygen atoms in total. The van der Waals surface area contributed by atoms with Crippen LogP contribution in [0.4, 0.5) is 0 Å². The highest BCUT2D eigenvalue weighted by molar-refractivity contribution is 5.88. The number of ether oxygens (including phenoxy) is 3. The lowest BCUT2D eigenvalue weighted by atomic mass is 10.1. The van der Waals surface area contributed by atoms with E-state index in [0.29, 0.717) is 26.2 Å². The topological polar surface area (TPSA) is 44.8 Å². The Labute approximate surface area is 167 Å². The zero-order chi connectivity index (χ0) is 20.0. The minimum absolute atomic E-state index is 0.0843. The third-order valence-corrected chi connectivity index (χ3v) is 4.79. The molecule has 0 aromatic heterocycles. The van der Waals surface area contributed by atoms with E-state index < -0.39 is 6.10 Å². The molecule has 1 aliphatic rings. The van der Waals surface area contributed by atoms with E-state index in [1.807, 2.05) is 81.4 Å². The van der Waals surface area contributed by atoms with Gasteiger partial charge in [-0.3, -0.25) is 4.79 Å². The minimum Gasteiger partial charge on any atom is -0.376 e. The van der Waals surface area contributed by atoms with Gasteiger partial charge in [0.1, 0.15) is 6.10 Å². The minimum atomic E-state index is -0.439. The van der Waals surface area contributed by atoms with Crippen LogP contribution in [0.1, 0.15) is 38.3 Å². The molecule has 0 amide bonds. The quantitative estimate of drug-likeness (QED) is 0.671. The summed E-state index contributed by atoms with van der Waals surface area (Å²) < 4.78 is 18.0. The Kier molecular flexibility index (Phi) is 7.00. The first-order valence-electron chi connectivity index (χ1n) is 9.91. The first kappa shape index (κ1) is 20.7. The standard InChI is InChI=1S/C24H30O4/c1-24(2,3)28-22-14-21(27-16-19-12-8-5-9-13-19)20(23(22)25)17-26-15-18-10-6-4-7-11-18/h4-13,20-22H,14-17H2,1-3H3/t20-,21+,22+/m1/s1. The number of benzene rings is 2. The van der Waals surface area contributed by atoms with E-state index in [0.717, 1.165) is 11.1 Å². The van der Waals surface area contributed by atoms with Crippen LogP contribution in [0.3, 0.4) is 0 Å². The van der Waals surface area contributed by atoms with Crippen LogP contribution >= 0.6 is 0 Å². The number of carbonyl (C=O) groups is 1. The molecule has 0 heterocycles. The molecule has 1 aliphatic carbocycles. The maximum absolute atomic E-state index is 13.0. The van der Waals surface area contributed by atoms with E-state index in [1.165, 1.54) is 0 Å². The van der Waals surface area contributed by atoms with E-state index in [1.54, 1.807) is 0 Å². The maximum Gasteiger partial charge on any atom is 0.169 e. The molecule has 150 valence electrons. The highest BCUT2D eigenvalue weighted by Gasteiger charge is 2.45. The van der Waals surface area contributed by atoms with Gasteiger partial charge in [0.05, 0.1) is 37.4 Å². The highest BCUT2D eigenvalue weighted by Crippen LogP contribution is 2.31. The molecule has 4 heteroatoms. The van der Waals surface area contributed by atoms with Crippen LogP contribution < -0.4 is 0 Å². The van der Waals surface area contributed by atoms with Crippen molar-refractivity contribution in [3.05, 3.63) is 71.8 Å². The summed E-state index contributed by atoms with van der Waals surface area (Å²) in [4.78, 5) is 13.0. The zero-order valence-electron chi connectivity index (χ0n) is 17.0. The van der Waals surface area contributed by atoms with E-state index >= 15 is 0 Å². The van der Waals surface area contributed by atoms with Crippen molar-refractivity contribution in [3.8, 4) is 0 Å². The predicted octanol–water partition coefficient (Wildman–Crippen LogP) is 4.56. The van der Waals surface area contributed by atoms with Gasteiger partial charge >= 0.3 is 0 Å². The van der Waals surface area contributed by atoms with Crippen molar-refractivity contribution in [2.45, 2.75) is 58.2 Å². The Morgan fingerprint density at radius 2 is 1.46 bits per heavy atom. The maximum atomic E-state index is 13.0. The van der Waals surface area contributed by atoms with Crippen LogP contribution in [-0.4, -0.2) is 30.2 Å². The molecule has 0 spiro atoms. The molecule has 1 fully saturated rings. The smallest absolute Gasteiger partial charge is 0.169 e. The molecule has 3 atom stereocenters. The highest BCUT2D eigenvalue weighted by atomic mass is 16.5. The molecule has 0 aliphatic heterocycles. The van der Waals surface area contributed by atoms with Crippen LogP contribution in [0.25, 0.3) is 0 Å². The molecule has 2 aromatic carbocycles. The van der Waals surface area contributed by atoms with Gasteiger partial charge in [-0.15, -0.1) is 0 Å². The van der Waals surface area contributed by atoms with E-state index in [2.05, 4.69) is 0 Å². The molecule has 2 aromatic rings. The van der Waals surface area contributed by atoms with E-state index in [-0.39, 0.29) is 23.4 Å². The molecule has 28 heavy (non-hydrogen) atoms. The molecule has 0 radical (unpaired) electrons. The lowest BCUT2D eigenvalue weighted by Crippen LogP contribution is -2.33. The van der Waals surface area contributed by atoms with Crippen molar-refractivity contribution < 1.29 is 19.0 Å². The van der Waals surface area contributed by atoms with Crippen molar-refractivity contribution >= 4 is 5.78 Å². The van der Waals surface area contributed by atoms with Crippen molar-refractivity contribution in [1.82, 2.24) is 0 Å². The summed E-state index contributed by atoms with van der Waals surface area (Å²) in [6.07, 6.45) is -0.0654. The third kappa shape index (κ3) is 5.99. The number of Topliss-reactive ketones (excluding diaryl/α,β-unsaturated/α-hetero) is 1. The summed E-state index contributed by atoms with van der Waals surface area (Å²) in [6.45, 7) is 7.23. The normalized spacial score (nSPS) is 22.5. The second kappa shape index (κ2) is 9.46. The van der Waals surface area contributed by atoms with Gasteiger partial charge in [0, 0.05) is 6.42 Å². The number of hydrogen-bond acceptors (Lipinski definition) is 4. The van der Waals surface area contributed by atoms with Gasteiger partial charge in [-0.05, 0) is 31.9 Å². The Hall–Kier alpha value is -2.01. The number of ketones is 1. The second-order valence-electron chi connectivity index (χ2n) is 8.30. The lowest BCUT2D eigenvalue weighted by molar-refractivity contribution is -0.140. The Morgan fingerprint density at radius 1 is 0.893 bits per heavy atom. The van der Waals surface area contributed by atoms with Crippen molar-refractivity contribution in [1.29, 1.82) is 0 Å². The molecule has 1 saturated carbocycles. The third-order valence-electron chi connectivity index (χ3n) is 4.79. The number of hydrogen-bond donors (Lipinski definition) is 0. The summed E-state index contributed by atoms with van der Waals surface area (Å²) in [5, 5.41) is 0. The predicted molar refractivity (Wildman–Crippen MR) is 109 cm³/mol. The molecular formula is C24H30O4. The number of rotatable bonds is 8. The molecule has 0 saturated heterocycles. The summed E-state index contributed by atoms with van der Waals surface area (Å²) in [7, 11) is 0. The van der Waals surface area contributed by atoms with Crippen LogP contribution in [0, 0.1) is 5.92 Å². The molecule has 0 bridgehead atoms. The Balaban J connectivity index is 1.62. The molecular weight excluding hydrogens is 352 g/mol. The second-order valence-corrected chi connectivity index (χ2v) is 8.30. The molecule has 0 N–H and O–H groups in total. The fourth-order valence-corrected chi connectivity index (χ4v) is 3.48. The van der Waals surface area contributed by atoms with Crippen molar-refractivity contribution in [2.75, 3.05) is 6.61 Å². The monoisotopic (exact) mass is 382 g/mol. The SMILES string of the molecule is CC(C)(C)O[C@H]1C[C@H](OCc2ccccc2)[C@@H](COCc2ccccc2)C1=O. The first-order valence-corrected chi connectivity index (χ1v) is 9.91. The summed E-state index contributed by atoms with van der Waals surface area (Å²) in [5.41, 5.74) is 1.82. The lowest BCUT2D eigenvalue weighted by Gasteiger charge is -2.24. The summed E-state index contributed by atoms with van der Waals surface area (Å²) >= 11 is 0. The van der Waals surface area contributed by atoms with Gasteiger partial charge in [-0.1, -0.05) is 60.7 Å². The van der Waals surface area contributed by atoms with E-state index in [9.17, 15) is 4.79 Å². The zero-order valence-corrected chi connectivity index (χ0v) is 17.0. The number of carbonyl (C=O) groups excluding carboxylic acids is 1. The Morgan fingerprint density at radius 3 is 2.04 bits per heavy atom. The van der Waals surface area contributed by atoms with Gasteiger partial charge in [-0.2, -0.15) is 0 Å². The Bertz CT molecular complexity index is 736. The molecule has 3 rings (SSSR count). The summed E-state index contributed by atoms with van der Waals surface area (Å²) in [6, 6.07) is 20.0. The van der Waals surface area contributed by atoms with Gasteiger partial charge in [0.15, 0.2) is 5.78 Å². The van der Waals surface area contributed by atoms with E-state index in [4.69, 9.17) is 14.2 Å². The first-order chi connectivity index (χ1) is 13.4. The van der Waals surface area contributed by atoms with Crippen molar-refractivity contribution in [3.63, 3.8) is 0 Å². The van der Waals surface area contributed by atoms with Gasteiger partial charge in [0.2, 0.25) is 0 Å². The van der Waals surface area contributed by atoms with Crippen LogP contribution in [0.15, 0.2) is 60.7 Å². The fraction of sp³-hybridized carbons (Fsp3) is 0.458. The average Bonchev–Trinajstić information content (AvgIpc) is 2.95. The van der Waals surface area contributed by atoms with Gasteiger partial charge in [0.25, 0.3) is 0 Å². The fourth-order valence-electron chi connectivity index (χ4n) is 3.48.